The van der Waals surface area contributed by atoms with Crippen LogP contribution in [0.4, 0.5) is 0 Å². The number of rotatable bonds is 3. The lowest BCUT2D eigenvalue weighted by atomic mass is 10.0. The molecule has 0 N–H and O–H groups in total. The van der Waals surface area contributed by atoms with Crippen molar-refractivity contribution in [1.29, 1.82) is 0 Å². The minimum absolute atomic E-state index is 0.334. The van der Waals surface area contributed by atoms with Crippen molar-refractivity contribution >= 4 is 17.8 Å². The fourth-order valence-corrected chi connectivity index (χ4v) is 2.53. The summed E-state index contributed by atoms with van der Waals surface area (Å²) in [6.07, 6.45) is 0. The summed E-state index contributed by atoms with van der Waals surface area (Å²) in [5, 5.41) is 0. The molecule has 1 aliphatic rings. The second-order valence-electron chi connectivity index (χ2n) is 5.39. The van der Waals surface area contributed by atoms with E-state index in [9.17, 15) is 14.4 Å². The van der Waals surface area contributed by atoms with Gasteiger partial charge in [0.25, 0.3) is 11.8 Å². The van der Waals surface area contributed by atoms with Gasteiger partial charge in [-0.3, -0.25) is 9.59 Å². The molecule has 0 radical (unpaired) electrons. The highest BCUT2D eigenvalue weighted by Gasteiger charge is 2.35. The Hall–Kier alpha value is -2.95. The molecule has 3 rings (SSSR count). The lowest BCUT2D eigenvalue weighted by Gasteiger charge is -2.15. The Kier molecular flexibility index (Phi) is 3.70. The van der Waals surface area contributed by atoms with E-state index in [1.165, 1.54) is 0 Å². The fraction of sp³-hybridized carbons (Fsp3) is 0.167. The Labute approximate surface area is 133 Å². The van der Waals surface area contributed by atoms with Crippen LogP contribution < -0.4 is 0 Å². The molecule has 0 fully saturated rings. The van der Waals surface area contributed by atoms with Gasteiger partial charge in [-0.2, -0.15) is 0 Å². The number of carbonyl (C=O) groups excluding carboxylic acids is 3. The minimum atomic E-state index is -0.553. The van der Waals surface area contributed by atoms with Crippen molar-refractivity contribution < 1.29 is 19.1 Å². The molecular weight excluding hydrogens is 294 g/mol. The van der Waals surface area contributed by atoms with Crippen LogP contribution in [0.15, 0.2) is 42.5 Å². The Morgan fingerprint density at radius 2 is 1.57 bits per heavy atom. The van der Waals surface area contributed by atoms with Crippen LogP contribution in [0.2, 0.25) is 0 Å². The molecule has 1 aliphatic heterocycles. The van der Waals surface area contributed by atoms with Gasteiger partial charge in [-0.1, -0.05) is 24.3 Å². The van der Waals surface area contributed by atoms with E-state index in [2.05, 4.69) is 0 Å². The maximum atomic E-state index is 12.2. The SMILES string of the molecule is Cc1cccc(C(=O)OCN2C(=O)c3ccccc3C2=O)c1C. The third-order valence-corrected chi connectivity index (χ3v) is 4.03. The van der Waals surface area contributed by atoms with Crippen molar-refractivity contribution in [1.82, 2.24) is 4.90 Å². The number of aryl methyl sites for hydroxylation is 1. The molecule has 2 amide bonds. The number of nitrogens with zero attached hydrogens (tertiary/aromatic N) is 1. The van der Waals surface area contributed by atoms with Crippen LogP contribution in [0.25, 0.3) is 0 Å². The summed E-state index contributed by atoms with van der Waals surface area (Å²) in [6.45, 7) is 3.34. The highest BCUT2D eigenvalue weighted by molar-refractivity contribution is 6.21. The van der Waals surface area contributed by atoms with Crippen LogP contribution in [-0.4, -0.2) is 29.4 Å². The Balaban J connectivity index is 1.75. The molecule has 0 aliphatic carbocycles. The first-order chi connectivity index (χ1) is 11.0. The predicted octanol–water partition coefficient (Wildman–Crippen LogP) is 2.71. The Morgan fingerprint density at radius 3 is 2.17 bits per heavy atom. The molecule has 0 bridgehead atoms. The predicted molar refractivity (Wildman–Crippen MR) is 83.1 cm³/mol. The summed E-state index contributed by atoms with van der Waals surface area (Å²) >= 11 is 0. The first-order valence-electron chi connectivity index (χ1n) is 7.19. The molecule has 2 aromatic carbocycles. The van der Waals surface area contributed by atoms with E-state index in [1.807, 2.05) is 19.9 Å². The number of hydrogen-bond donors (Lipinski definition) is 0. The third-order valence-electron chi connectivity index (χ3n) is 4.03. The summed E-state index contributed by atoms with van der Waals surface area (Å²) in [6, 6.07) is 11.9. The van der Waals surface area contributed by atoms with Gasteiger partial charge in [-0.25, -0.2) is 9.69 Å². The maximum Gasteiger partial charge on any atom is 0.340 e. The van der Waals surface area contributed by atoms with Gasteiger partial charge in [0.15, 0.2) is 6.73 Å². The number of ether oxygens (including phenoxy) is 1. The highest BCUT2D eigenvalue weighted by Crippen LogP contribution is 2.22. The molecule has 0 atom stereocenters. The van der Waals surface area contributed by atoms with Crippen LogP contribution >= 0.6 is 0 Å². The largest absolute Gasteiger partial charge is 0.440 e. The molecule has 0 unspecified atom stereocenters. The number of hydrogen-bond acceptors (Lipinski definition) is 4. The molecular formula is C18H15NO4. The maximum absolute atomic E-state index is 12.2. The number of imide groups is 1. The van der Waals surface area contributed by atoms with Crippen molar-refractivity contribution in [3.8, 4) is 0 Å². The third kappa shape index (κ3) is 2.50. The van der Waals surface area contributed by atoms with E-state index in [0.29, 0.717) is 16.7 Å². The normalized spacial score (nSPS) is 13.2. The average Bonchev–Trinajstić information content (AvgIpc) is 2.80. The molecule has 2 aromatic rings. The lowest BCUT2D eigenvalue weighted by molar-refractivity contribution is 0.0227. The summed E-state index contributed by atoms with van der Waals surface area (Å²) in [5.41, 5.74) is 2.89. The van der Waals surface area contributed by atoms with E-state index in [1.54, 1.807) is 36.4 Å². The summed E-state index contributed by atoms with van der Waals surface area (Å²) in [5.74, 6) is -1.44. The smallest absolute Gasteiger partial charge is 0.340 e. The second kappa shape index (κ2) is 5.68. The summed E-state index contributed by atoms with van der Waals surface area (Å²) in [7, 11) is 0. The lowest BCUT2D eigenvalue weighted by Crippen LogP contribution is -2.33. The zero-order chi connectivity index (χ0) is 16.6. The van der Waals surface area contributed by atoms with Crippen molar-refractivity contribution in [2.45, 2.75) is 13.8 Å². The zero-order valence-corrected chi connectivity index (χ0v) is 12.8. The van der Waals surface area contributed by atoms with Crippen LogP contribution in [0.5, 0.6) is 0 Å². The number of esters is 1. The molecule has 116 valence electrons. The van der Waals surface area contributed by atoms with E-state index < -0.39 is 24.5 Å². The van der Waals surface area contributed by atoms with Gasteiger partial charge in [0.1, 0.15) is 0 Å². The van der Waals surface area contributed by atoms with Gasteiger partial charge in [-0.15, -0.1) is 0 Å². The van der Waals surface area contributed by atoms with Crippen LogP contribution in [0, 0.1) is 13.8 Å². The van der Waals surface area contributed by atoms with E-state index in [-0.39, 0.29) is 0 Å². The average molecular weight is 309 g/mol. The summed E-state index contributed by atoms with van der Waals surface area (Å²) in [4.78, 5) is 37.5. The molecule has 5 heteroatoms. The molecule has 0 saturated carbocycles. The van der Waals surface area contributed by atoms with Crippen molar-refractivity contribution in [3.05, 3.63) is 70.3 Å². The first kappa shape index (κ1) is 15.0. The summed E-state index contributed by atoms with van der Waals surface area (Å²) < 4.78 is 5.17. The standard InChI is InChI=1S/C18H15NO4/c1-11-6-5-9-13(12(11)2)18(22)23-10-19-16(20)14-7-3-4-8-15(14)17(19)21/h3-9H,10H2,1-2H3. The number of benzene rings is 2. The quantitative estimate of drug-likeness (QED) is 0.646. The number of fused-ring (bicyclic) bond motifs is 1. The molecule has 5 nitrogen and oxygen atoms in total. The van der Waals surface area contributed by atoms with E-state index in [0.717, 1.165) is 16.0 Å². The molecule has 0 spiro atoms. The van der Waals surface area contributed by atoms with Gasteiger partial charge in [0, 0.05) is 0 Å². The van der Waals surface area contributed by atoms with Crippen LogP contribution in [-0.2, 0) is 4.74 Å². The molecule has 0 aromatic heterocycles. The van der Waals surface area contributed by atoms with Crippen LogP contribution in [0.1, 0.15) is 42.2 Å². The molecule has 23 heavy (non-hydrogen) atoms. The minimum Gasteiger partial charge on any atom is -0.440 e. The van der Waals surface area contributed by atoms with Crippen molar-refractivity contribution in [3.63, 3.8) is 0 Å². The Morgan fingerprint density at radius 1 is 0.957 bits per heavy atom. The van der Waals surface area contributed by atoms with Crippen molar-refractivity contribution in [2.75, 3.05) is 6.73 Å². The monoisotopic (exact) mass is 309 g/mol. The first-order valence-corrected chi connectivity index (χ1v) is 7.19. The number of carbonyl (C=O) groups is 3. The van der Waals surface area contributed by atoms with Gasteiger partial charge < -0.3 is 4.74 Å². The van der Waals surface area contributed by atoms with E-state index >= 15 is 0 Å². The van der Waals surface area contributed by atoms with Gasteiger partial charge in [0.2, 0.25) is 0 Å². The van der Waals surface area contributed by atoms with Crippen LogP contribution in [0.3, 0.4) is 0 Å². The van der Waals surface area contributed by atoms with E-state index in [4.69, 9.17) is 4.74 Å². The van der Waals surface area contributed by atoms with Crippen molar-refractivity contribution in [2.24, 2.45) is 0 Å². The second-order valence-corrected chi connectivity index (χ2v) is 5.39. The van der Waals surface area contributed by atoms with Gasteiger partial charge >= 0.3 is 5.97 Å². The fourth-order valence-electron chi connectivity index (χ4n) is 2.53. The zero-order valence-electron chi connectivity index (χ0n) is 12.8. The molecule has 1 heterocycles. The number of amides is 2. The Bertz CT molecular complexity index is 791. The highest BCUT2D eigenvalue weighted by atomic mass is 16.5. The van der Waals surface area contributed by atoms with Gasteiger partial charge in [-0.05, 0) is 43.2 Å². The molecule has 0 saturated heterocycles. The van der Waals surface area contributed by atoms with Gasteiger partial charge in [0.05, 0.1) is 16.7 Å². The topological polar surface area (TPSA) is 63.7 Å².